The van der Waals surface area contributed by atoms with Crippen LogP contribution < -0.4 is 10.7 Å². The molecule has 0 saturated carbocycles. The van der Waals surface area contributed by atoms with Gasteiger partial charge in [0.05, 0.1) is 16.6 Å². The monoisotopic (exact) mass is 413 g/mol. The van der Waals surface area contributed by atoms with Crippen LogP contribution in [0.25, 0.3) is 22.2 Å². The zero-order valence-corrected chi connectivity index (χ0v) is 17.6. The lowest BCUT2D eigenvalue weighted by molar-refractivity contribution is 1.09. The second kappa shape index (κ2) is 9.76. The summed E-state index contributed by atoms with van der Waals surface area (Å²) < 4.78 is 1.99. The Morgan fingerprint density at radius 2 is 2.00 bits per heavy atom. The molecule has 3 rings (SSSR count). The van der Waals surface area contributed by atoms with Gasteiger partial charge in [-0.25, -0.2) is 0 Å². The summed E-state index contributed by atoms with van der Waals surface area (Å²) in [6.07, 6.45) is 10.8. The van der Waals surface area contributed by atoms with Crippen LogP contribution >= 0.6 is 12.6 Å². The van der Waals surface area contributed by atoms with Gasteiger partial charge in [0.25, 0.3) is 0 Å². The zero-order valence-electron chi connectivity index (χ0n) is 16.7. The predicted octanol–water partition coefficient (Wildman–Crippen LogP) is 5.90. The number of pyridine rings is 2. The Labute approximate surface area is 181 Å². The summed E-state index contributed by atoms with van der Waals surface area (Å²) in [5, 5.41) is 5.45. The molecule has 0 radical (unpaired) electrons. The van der Waals surface area contributed by atoms with Crippen LogP contribution in [0.4, 0.5) is 5.82 Å². The number of aromatic nitrogens is 2. The number of hydrogen-bond donors (Lipinski definition) is 2. The average molecular weight is 414 g/mol. The Bertz CT molecular complexity index is 1230. The molecule has 0 unspecified atom stereocenters. The fourth-order valence-corrected chi connectivity index (χ4v) is 3.20. The first-order valence-electron chi connectivity index (χ1n) is 9.42. The van der Waals surface area contributed by atoms with Crippen LogP contribution in [0.3, 0.4) is 0 Å². The van der Waals surface area contributed by atoms with E-state index >= 15 is 0 Å². The third kappa shape index (κ3) is 4.53. The van der Waals surface area contributed by atoms with Gasteiger partial charge < -0.3 is 5.32 Å². The van der Waals surface area contributed by atoms with E-state index in [4.69, 9.17) is 0 Å². The van der Waals surface area contributed by atoms with E-state index in [1.807, 2.05) is 66.1 Å². The van der Waals surface area contributed by atoms with Gasteiger partial charge in [-0.2, -0.15) is 12.6 Å². The maximum atomic E-state index is 12.9. The number of para-hydroxylation sites is 1. The molecule has 150 valence electrons. The number of nitrogens with zero attached hydrogens (tertiary/aromatic N) is 2. The summed E-state index contributed by atoms with van der Waals surface area (Å²) >= 11 is 4.11. The molecule has 1 N–H and O–H groups in total. The second-order valence-electron chi connectivity index (χ2n) is 6.47. The molecule has 0 atom stereocenters. The number of rotatable bonds is 7. The second-order valence-corrected chi connectivity index (χ2v) is 6.77. The molecular weight excluding hydrogens is 390 g/mol. The highest BCUT2D eigenvalue weighted by molar-refractivity contribution is 7.83. The maximum Gasteiger partial charge on any atom is 0.193 e. The first-order chi connectivity index (χ1) is 14.6. The van der Waals surface area contributed by atoms with Crippen molar-refractivity contribution in [3.8, 4) is 5.69 Å². The molecule has 0 spiro atoms. The van der Waals surface area contributed by atoms with Gasteiger partial charge in [-0.15, -0.1) is 0 Å². The quantitative estimate of drug-likeness (QED) is 0.374. The average Bonchev–Trinajstić information content (AvgIpc) is 2.77. The van der Waals surface area contributed by atoms with Crippen molar-refractivity contribution in [1.29, 1.82) is 0 Å². The fraction of sp³-hybridized carbons (Fsp3) is 0.0400. The topological polar surface area (TPSA) is 46.9 Å². The number of hydrogen-bond acceptors (Lipinski definition) is 4. The third-order valence-electron chi connectivity index (χ3n) is 4.48. The smallest absolute Gasteiger partial charge is 0.193 e. The van der Waals surface area contributed by atoms with Gasteiger partial charge in [-0.1, -0.05) is 43.5 Å². The summed E-state index contributed by atoms with van der Waals surface area (Å²) in [6, 6.07) is 13.3. The molecule has 0 saturated heterocycles. The van der Waals surface area contributed by atoms with Crippen molar-refractivity contribution < 1.29 is 0 Å². The number of thiol groups is 1. The summed E-state index contributed by atoms with van der Waals surface area (Å²) in [6.45, 7) is 9.84. The SMILES string of the molecule is C=C/C(=C\C=C/C)Nc1cc(=O)c2cnc(C(=C)/C=C\S)cc2n1-c1ccccc1. The van der Waals surface area contributed by atoms with Gasteiger partial charge in [0.2, 0.25) is 0 Å². The molecule has 0 bridgehead atoms. The molecular formula is C25H23N3OS. The van der Waals surface area contributed by atoms with Gasteiger partial charge in [0.15, 0.2) is 5.43 Å². The lowest BCUT2D eigenvalue weighted by Gasteiger charge is -2.19. The van der Waals surface area contributed by atoms with Crippen LogP contribution in [0.2, 0.25) is 0 Å². The molecule has 0 amide bonds. The van der Waals surface area contributed by atoms with Crippen molar-refractivity contribution in [2.24, 2.45) is 0 Å². The van der Waals surface area contributed by atoms with Crippen LogP contribution in [-0.4, -0.2) is 9.55 Å². The minimum atomic E-state index is -0.122. The van der Waals surface area contributed by atoms with E-state index in [1.165, 1.54) is 0 Å². The molecule has 2 aromatic heterocycles. The Balaban J connectivity index is 2.33. The minimum Gasteiger partial charge on any atom is -0.341 e. The third-order valence-corrected chi connectivity index (χ3v) is 4.63. The number of allylic oxidation sites excluding steroid dienone is 6. The minimum absolute atomic E-state index is 0.122. The molecule has 0 aliphatic rings. The van der Waals surface area contributed by atoms with Gasteiger partial charge in [0.1, 0.15) is 5.82 Å². The predicted molar refractivity (Wildman–Crippen MR) is 131 cm³/mol. The Morgan fingerprint density at radius 1 is 1.23 bits per heavy atom. The van der Waals surface area contributed by atoms with Crippen molar-refractivity contribution in [3.05, 3.63) is 119 Å². The van der Waals surface area contributed by atoms with E-state index in [0.29, 0.717) is 22.5 Å². The molecule has 0 aliphatic carbocycles. The highest BCUT2D eigenvalue weighted by Gasteiger charge is 2.13. The molecule has 3 aromatic rings. The molecule has 1 aromatic carbocycles. The van der Waals surface area contributed by atoms with Crippen LogP contribution in [-0.2, 0) is 0 Å². The van der Waals surface area contributed by atoms with Crippen molar-refractivity contribution in [3.63, 3.8) is 0 Å². The molecule has 4 nitrogen and oxygen atoms in total. The molecule has 0 aliphatic heterocycles. The van der Waals surface area contributed by atoms with Crippen molar-refractivity contribution >= 4 is 34.9 Å². The number of anilines is 1. The summed E-state index contributed by atoms with van der Waals surface area (Å²) in [5.74, 6) is 0.627. The maximum absolute atomic E-state index is 12.9. The first-order valence-corrected chi connectivity index (χ1v) is 9.94. The number of fused-ring (bicyclic) bond motifs is 1. The van der Waals surface area contributed by atoms with E-state index in [9.17, 15) is 4.79 Å². The lowest BCUT2D eigenvalue weighted by atomic mass is 10.1. The van der Waals surface area contributed by atoms with Crippen LogP contribution in [0, 0.1) is 0 Å². The highest BCUT2D eigenvalue weighted by atomic mass is 32.1. The molecule has 30 heavy (non-hydrogen) atoms. The first kappa shape index (κ1) is 21.1. The van der Waals surface area contributed by atoms with E-state index < -0.39 is 0 Å². The lowest BCUT2D eigenvalue weighted by Crippen LogP contribution is -2.14. The van der Waals surface area contributed by atoms with Crippen molar-refractivity contribution in [1.82, 2.24) is 9.55 Å². The fourth-order valence-electron chi connectivity index (χ4n) is 3.02. The van der Waals surface area contributed by atoms with Crippen molar-refractivity contribution in [2.45, 2.75) is 6.92 Å². The highest BCUT2D eigenvalue weighted by Crippen LogP contribution is 2.25. The van der Waals surface area contributed by atoms with Gasteiger partial charge in [0, 0.05) is 23.6 Å². The number of benzene rings is 1. The Hall–Kier alpha value is -3.57. The van der Waals surface area contributed by atoms with E-state index in [-0.39, 0.29) is 5.43 Å². The summed E-state index contributed by atoms with van der Waals surface area (Å²) in [7, 11) is 0. The number of nitrogens with one attached hydrogen (secondary N) is 1. The summed E-state index contributed by atoms with van der Waals surface area (Å²) in [5.41, 5.74) is 3.66. The van der Waals surface area contributed by atoms with Gasteiger partial charge in [-0.3, -0.25) is 14.3 Å². The van der Waals surface area contributed by atoms with Crippen LogP contribution in [0.5, 0.6) is 0 Å². The van der Waals surface area contributed by atoms with Crippen molar-refractivity contribution in [2.75, 3.05) is 5.32 Å². The Morgan fingerprint density at radius 3 is 2.67 bits per heavy atom. The Kier molecular flexibility index (Phi) is 6.88. The summed E-state index contributed by atoms with van der Waals surface area (Å²) in [4.78, 5) is 17.3. The van der Waals surface area contributed by atoms with Gasteiger partial charge >= 0.3 is 0 Å². The molecule has 0 fully saturated rings. The van der Waals surface area contributed by atoms with E-state index in [0.717, 1.165) is 16.9 Å². The van der Waals surface area contributed by atoms with E-state index in [1.54, 1.807) is 29.8 Å². The standard InChI is InChI=1S/C25H23N3OS/c1-4-6-10-19(5-2)27-25-16-24(29)21-17-26-22(18(3)13-14-30)15-23(21)28(25)20-11-8-7-9-12-20/h4-17,27,30H,2-3H2,1H3/b6-4-,14-13-,19-10+. The van der Waals surface area contributed by atoms with Gasteiger partial charge in [-0.05, 0) is 54.3 Å². The largest absolute Gasteiger partial charge is 0.341 e. The zero-order chi connectivity index (χ0) is 21.5. The van der Waals surface area contributed by atoms with Crippen LogP contribution in [0.15, 0.2) is 108 Å². The normalized spacial score (nSPS) is 12.0. The molecule has 2 heterocycles. The van der Waals surface area contributed by atoms with Crippen LogP contribution in [0.1, 0.15) is 12.6 Å². The van der Waals surface area contributed by atoms with E-state index in [2.05, 4.69) is 36.1 Å². The molecule has 5 heteroatoms.